The number of halogens is 4. The topological polar surface area (TPSA) is 63.9 Å². The molecule has 1 amide bonds. The summed E-state index contributed by atoms with van der Waals surface area (Å²) in [5.41, 5.74) is 1.14. The Morgan fingerprint density at radius 3 is 2.68 bits per heavy atom. The fourth-order valence-corrected chi connectivity index (χ4v) is 3.88. The van der Waals surface area contributed by atoms with Gasteiger partial charge in [0.1, 0.15) is 11.4 Å². The number of hydrogen-bond acceptors (Lipinski definition) is 4. The van der Waals surface area contributed by atoms with Crippen molar-refractivity contribution in [2.75, 3.05) is 0 Å². The van der Waals surface area contributed by atoms with Gasteiger partial charge in [0.2, 0.25) is 5.28 Å². The monoisotopic (exact) mass is 449 g/mol. The third kappa shape index (κ3) is 4.01. The Bertz CT molecular complexity index is 1170. The normalized spacial score (nSPS) is 15.8. The molecule has 0 saturated carbocycles. The highest BCUT2D eigenvalue weighted by molar-refractivity contribution is 6.28. The molecule has 0 aromatic carbocycles. The maximum absolute atomic E-state index is 13.3. The van der Waals surface area contributed by atoms with E-state index < -0.39 is 17.4 Å². The molecule has 31 heavy (non-hydrogen) atoms. The summed E-state index contributed by atoms with van der Waals surface area (Å²) in [6.07, 6.45) is -1.10. The van der Waals surface area contributed by atoms with Crippen molar-refractivity contribution in [2.24, 2.45) is 0 Å². The molecule has 3 aromatic rings. The number of pyridine rings is 1. The summed E-state index contributed by atoms with van der Waals surface area (Å²) in [6, 6.07) is 5.42. The lowest BCUT2D eigenvalue weighted by Crippen LogP contribution is -2.54. The standard InChI is InChI=1S/C21H19ClF3N5O/c1-12-8-26-19(22)28-17(12)13-7-15-18(31)30(20(2,3)11-29(15)9-13)10-14-5-4-6-16(27-14)21(23,24)25/h4-9H,10-11H2,1-3H3. The van der Waals surface area contributed by atoms with Gasteiger partial charge in [-0.05, 0) is 56.1 Å². The minimum atomic E-state index is -4.54. The average Bonchev–Trinajstić information content (AvgIpc) is 3.09. The number of fused-ring (bicyclic) bond motifs is 1. The Kier molecular flexibility index (Phi) is 5.04. The van der Waals surface area contributed by atoms with Crippen LogP contribution in [0.25, 0.3) is 11.3 Å². The first-order valence-electron chi connectivity index (χ1n) is 9.50. The molecule has 1 aliphatic rings. The van der Waals surface area contributed by atoms with Crippen molar-refractivity contribution in [3.63, 3.8) is 0 Å². The molecule has 0 unspecified atom stereocenters. The van der Waals surface area contributed by atoms with Crippen LogP contribution < -0.4 is 0 Å². The highest BCUT2D eigenvalue weighted by atomic mass is 35.5. The molecule has 1 aliphatic heterocycles. The van der Waals surface area contributed by atoms with Crippen LogP contribution in [0.5, 0.6) is 0 Å². The maximum atomic E-state index is 13.3. The molecular formula is C21H19ClF3N5O. The molecule has 0 bridgehead atoms. The first kappa shape index (κ1) is 21.3. The number of carbonyl (C=O) groups is 1. The second-order valence-corrected chi connectivity index (χ2v) is 8.47. The number of aryl methyl sites for hydroxylation is 1. The molecule has 0 spiro atoms. The zero-order valence-corrected chi connectivity index (χ0v) is 17.8. The number of hydrogen-bond donors (Lipinski definition) is 0. The van der Waals surface area contributed by atoms with Crippen molar-refractivity contribution in [3.8, 4) is 11.3 Å². The summed E-state index contributed by atoms with van der Waals surface area (Å²) < 4.78 is 40.9. The van der Waals surface area contributed by atoms with Crippen LogP contribution in [0.4, 0.5) is 13.2 Å². The summed E-state index contributed by atoms with van der Waals surface area (Å²) in [4.78, 5) is 26.8. The summed E-state index contributed by atoms with van der Waals surface area (Å²) in [5, 5.41) is 0.105. The number of aromatic nitrogens is 4. The maximum Gasteiger partial charge on any atom is 0.433 e. The molecule has 0 radical (unpaired) electrons. The molecule has 6 nitrogen and oxygen atoms in total. The molecule has 0 N–H and O–H groups in total. The van der Waals surface area contributed by atoms with Gasteiger partial charge in [-0.15, -0.1) is 0 Å². The lowest BCUT2D eigenvalue weighted by molar-refractivity contribution is -0.141. The molecule has 4 rings (SSSR count). The van der Waals surface area contributed by atoms with Gasteiger partial charge in [-0.3, -0.25) is 4.79 Å². The van der Waals surface area contributed by atoms with Crippen LogP contribution in [-0.4, -0.2) is 35.9 Å². The van der Waals surface area contributed by atoms with E-state index in [0.29, 0.717) is 17.9 Å². The van der Waals surface area contributed by atoms with E-state index in [2.05, 4.69) is 15.0 Å². The summed E-state index contributed by atoms with van der Waals surface area (Å²) in [6.45, 7) is 6.01. The first-order valence-corrected chi connectivity index (χ1v) is 9.88. The number of amides is 1. The quantitative estimate of drug-likeness (QED) is 0.541. The fraction of sp³-hybridized carbons (Fsp3) is 0.333. The van der Waals surface area contributed by atoms with Gasteiger partial charge in [-0.25, -0.2) is 15.0 Å². The highest BCUT2D eigenvalue weighted by Gasteiger charge is 2.39. The molecule has 0 aliphatic carbocycles. The molecule has 4 heterocycles. The fourth-order valence-electron chi connectivity index (χ4n) is 3.75. The molecule has 0 atom stereocenters. The Morgan fingerprint density at radius 2 is 1.97 bits per heavy atom. The van der Waals surface area contributed by atoms with Crippen LogP contribution in [0, 0.1) is 6.92 Å². The van der Waals surface area contributed by atoms with Gasteiger partial charge in [-0.1, -0.05) is 6.07 Å². The average molecular weight is 450 g/mol. The summed E-state index contributed by atoms with van der Waals surface area (Å²) in [5.74, 6) is -0.292. The second-order valence-electron chi connectivity index (χ2n) is 8.13. The van der Waals surface area contributed by atoms with E-state index in [1.54, 1.807) is 17.2 Å². The van der Waals surface area contributed by atoms with Crippen molar-refractivity contribution in [1.82, 2.24) is 24.4 Å². The smallest absolute Gasteiger partial charge is 0.340 e. The van der Waals surface area contributed by atoms with Crippen molar-refractivity contribution < 1.29 is 18.0 Å². The van der Waals surface area contributed by atoms with Gasteiger partial charge < -0.3 is 9.47 Å². The Labute approximate surface area is 181 Å². The van der Waals surface area contributed by atoms with Crippen molar-refractivity contribution in [2.45, 2.75) is 45.6 Å². The van der Waals surface area contributed by atoms with E-state index in [4.69, 9.17) is 11.6 Å². The van der Waals surface area contributed by atoms with E-state index in [-0.39, 0.29) is 23.4 Å². The van der Waals surface area contributed by atoms with Crippen molar-refractivity contribution in [3.05, 3.63) is 64.6 Å². The second kappa shape index (κ2) is 7.33. The SMILES string of the molecule is Cc1cnc(Cl)nc1-c1cc2n(c1)CC(C)(C)N(Cc1cccc(C(F)(F)F)n1)C2=O. The molecule has 0 fully saturated rings. The van der Waals surface area contributed by atoms with Gasteiger partial charge in [0, 0.05) is 24.5 Å². The van der Waals surface area contributed by atoms with Crippen LogP contribution in [0.15, 0.2) is 36.7 Å². The van der Waals surface area contributed by atoms with Crippen LogP contribution in [0.2, 0.25) is 5.28 Å². The molecule has 162 valence electrons. The Morgan fingerprint density at radius 1 is 1.23 bits per heavy atom. The van der Waals surface area contributed by atoms with Gasteiger partial charge in [-0.2, -0.15) is 13.2 Å². The van der Waals surface area contributed by atoms with E-state index >= 15 is 0 Å². The van der Waals surface area contributed by atoms with Gasteiger partial charge in [0.05, 0.1) is 23.5 Å². The molecule has 0 saturated heterocycles. The number of nitrogens with zero attached hydrogens (tertiary/aromatic N) is 5. The van der Waals surface area contributed by atoms with Crippen molar-refractivity contribution in [1.29, 1.82) is 0 Å². The summed E-state index contributed by atoms with van der Waals surface area (Å²) in [7, 11) is 0. The van der Waals surface area contributed by atoms with Gasteiger partial charge in [0.25, 0.3) is 5.91 Å². The predicted molar refractivity (Wildman–Crippen MR) is 108 cm³/mol. The van der Waals surface area contributed by atoms with E-state index in [1.807, 2.05) is 31.5 Å². The zero-order chi connectivity index (χ0) is 22.6. The zero-order valence-electron chi connectivity index (χ0n) is 17.0. The molecule has 10 heteroatoms. The summed E-state index contributed by atoms with van der Waals surface area (Å²) >= 11 is 5.93. The van der Waals surface area contributed by atoms with Crippen LogP contribution in [0.1, 0.15) is 41.3 Å². The predicted octanol–water partition coefficient (Wildman–Crippen LogP) is 4.76. The van der Waals surface area contributed by atoms with Gasteiger partial charge in [0.15, 0.2) is 0 Å². The van der Waals surface area contributed by atoms with Crippen LogP contribution in [-0.2, 0) is 19.3 Å². The van der Waals surface area contributed by atoms with Crippen LogP contribution in [0.3, 0.4) is 0 Å². The largest absolute Gasteiger partial charge is 0.433 e. The van der Waals surface area contributed by atoms with Gasteiger partial charge >= 0.3 is 6.18 Å². The Hall–Kier alpha value is -2.94. The lowest BCUT2D eigenvalue weighted by Gasteiger charge is -2.42. The third-order valence-electron chi connectivity index (χ3n) is 5.28. The van der Waals surface area contributed by atoms with E-state index in [0.717, 1.165) is 17.2 Å². The van der Waals surface area contributed by atoms with E-state index in [9.17, 15) is 18.0 Å². The van der Waals surface area contributed by atoms with Crippen molar-refractivity contribution >= 4 is 17.5 Å². The molecular weight excluding hydrogens is 431 g/mol. The minimum absolute atomic E-state index is 0.0331. The number of alkyl halides is 3. The third-order valence-corrected chi connectivity index (χ3v) is 5.46. The number of carbonyl (C=O) groups excluding carboxylic acids is 1. The molecule has 3 aromatic heterocycles. The van der Waals surface area contributed by atoms with Crippen LogP contribution >= 0.6 is 11.6 Å². The minimum Gasteiger partial charge on any atom is -0.340 e. The first-order chi connectivity index (χ1) is 14.5. The number of rotatable bonds is 3. The lowest BCUT2D eigenvalue weighted by atomic mass is 9.98. The Balaban J connectivity index is 1.69. The van der Waals surface area contributed by atoms with E-state index in [1.165, 1.54) is 12.1 Å². The highest BCUT2D eigenvalue weighted by Crippen LogP contribution is 2.33.